The lowest BCUT2D eigenvalue weighted by atomic mass is 10.1. The second kappa shape index (κ2) is 13.0. The van der Waals surface area contributed by atoms with Gasteiger partial charge in [0.25, 0.3) is 0 Å². The number of hydrogen-bond acceptors (Lipinski definition) is 2. The standard InChI is InChI=1S/C14H32N2/c1-4-7-10-14(9-6-3)16-13-12-15-11-8-5-2/h14-16H,4-13H2,1-3H3. The first-order chi connectivity index (χ1) is 7.85. The van der Waals surface area contributed by atoms with Crippen LogP contribution >= 0.6 is 0 Å². The maximum absolute atomic E-state index is 3.67. The minimum absolute atomic E-state index is 0.748. The minimum Gasteiger partial charge on any atom is -0.315 e. The van der Waals surface area contributed by atoms with Gasteiger partial charge in [-0.05, 0) is 25.8 Å². The highest BCUT2D eigenvalue weighted by molar-refractivity contribution is 4.66. The fourth-order valence-electron chi connectivity index (χ4n) is 1.94. The molecule has 0 spiro atoms. The van der Waals surface area contributed by atoms with Crippen molar-refractivity contribution in [2.75, 3.05) is 19.6 Å². The van der Waals surface area contributed by atoms with E-state index < -0.39 is 0 Å². The fraction of sp³-hybridized carbons (Fsp3) is 1.00. The van der Waals surface area contributed by atoms with Crippen LogP contribution in [-0.2, 0) is 0 Å². The molecular formula is C14H32N2. The van der Waals surface area contributed by atoms with E-state index in [1.165, 1.54) is 51.5 Å². The van der Waals surface area contributed by atoms with E-state index in [9.17, 15) is 0 Å². The van der Waals surface area contributed by atoms with E-state index in [-0.39, 0.29) is 0 Å². The first kappa shape index (κ1) is 15.9. The summed E-state index contributed by atoms with van der Waals surface area (Å²) in [5.74, 6) is 0. The zero-order valence-corrected chi connectivity index (χ0v) is 11.6. The SMILES string of the molecule is CCCCNCCNC(CCC)CCCC. The van der Waals surface area contributed by atoms with E-state index in [0.29, 0.717) is 0 Å². The number of hydrogen-bond donors (Lipinski definition) is 2. The highest BCUT2D eigenvalue weighted by Crippen LogP contribution is 2.06. The van der Waals surface area contributed by atoms with Crippen molar-refractivity contribution in [3.05, 3.63) is 0 Å². The van der Waals surface area contributed by atoms with E-state index in [4.69, 9.17) is 0 Å². The van der Waals surface area contributed by atoms with Crippen LogP contribution in [0, 0.1) is 0 Å². The third kappa shape index (κ3) is 10.4. The molecule has 0 radical (unpaired) electrons. The Labute approximate surface area is 103 Å². The smallest absolute Gasteiger partial charge is 0.00793 e. The van der Waals surface area contributed by atoms with Crippen LogP contribution in [0.4, 0.5) is 0 Å². The van der Waals surface area contributed by atoms with Crippen LogP contribution in [0.15, 0.2) is 0 Å². The molecule has 0 aromatic rings. The van der Waals surface area contributed by atoms with Crippen molar-refractivity contribution in [3.8, 4) is 0 Å². The molecule has 0 aromatic carbocycles. The van der Waals surface area contributed by atoms with Crippen molar-refractivity contribution in [1.82, 2.24) is 10.6 Å². The van der Waals surface area contributed by atoms with Crippen LogP contribution in [0.2, 0.25) is 0 Å². The molecule has 16 heavy (non-hydrogen) atoms. The predicted octanol–water partition coefficient (Wildman–Crippen LogP) is 3.32. The molecule has 0 amide bonds. The summed E-state index contributed by atoms with van der Waals surface area (Å²) >= 11 is 0. The summed E-state index contributed by atoms with van der Waals surface area (Å²) in [7, 11) is 0. The first-order valence-corrected chi connectivity index (χ1v) is 7.29. The van der Waals surface area contributed by atoms with Crippen LogP contribution in [0.25, 0.3) is 0 Å². The van der Waals surface area contributed by atoms with Crippen LogP contribution < -0.4 is 10.6 Å². The summed E-state index contributed by atoms with van der Waals surface area (Å²) < 4.78 is 0. The van der Waals surface area contributed by atoms with E-state index in [0.717, 1.165) is 19.1 Å². The van der Waals surface area contributed by atoms with Gasteiger partial charge in [0.2, 0.25) is 0 Å². The predicted molar refractivity (Wildman–Crippen MR) is 74.0 cm³/mol. The zero-order chi connectivity index (χ0) is 12.1. The summed E-state index contributed by atoms with van der Waals surface area (Å²) in [5.41, 5.74) is 0. The molecule has 0 bridgehead atoms. The van der Waals surface area contributed by atoms with Gasteiger partial charge >= 0.3 is 0 Å². The molecule has 0 fully saturated rings. The quantitative estimate of drug-likeness (QED) is 0.501. The molecule has 2 heteroatoms. The monoisotopic (exact) mass is 228 g/mol. The first-order valence-electron chi connectivity index (χ1n) is 7.29. The Morgan fingerprint density at radius 2 is 1.50 bits per heavy atom. The van der Waals surface area contributed by atoms with Gasteiger partial charge in [-0.2, -0.15) is 0 Å². The fourth-order valence-corrected chi connectivity index (χ4v) is 1.94. The topological polar surface area (TPSA) is 24.1 Å². The van der Waals surface area contributed by atoms with E-state index in [2.05, 4.69) is 31.4 Å². The molecule has 1 unspecified atom stereocenters. The maximum Gasteiger partial charge on any atom is 0.00793 e. The molecule has 0 saturated heterocycles. The lowest BCUT2D eigenvalue weighted by Gasteiger charge is -2.18. The summed E-state index contributed by atoms with van der Waals surface area (Å²) in [6.45, 7) is 10.2. The Hall–Kier alpha value is -0.0800. The molecule has 0 heterocycles. The van der Waals surface area contributed by atoms with Crippen molar-refractivity contribution in [2.24, 2.45) is 0 Å². The van der Waals surface area contributed by atoms with Crippen LogP contribution in [0.5, 0.6) is 0 Å². The summed E-state index contributed by atoms with van der Waals surface area (Å²) in [6, 6.07) is 0.748. The molecule has 98 valence electrons. The average molecular weight is 228 g/mol. The average Bonchev–Trinajstić information content (AvgIpc) is 2.30. The molecule has 0 saturated carbocycles. The van der Waals surface area contributed by atoms with Gasteiger partial charge in [0, 0.05) is 19.1 Å². The Bertz CT molecular complexity index is 126. The highest BCUT2D eigenvalue weighted by Gasteiger charge is 2.05. The molecular weight excluding hydrogens is 196 g/mol. The lowest BCUT2D eigenvalue weighted by molar-refractivity contribution is 0.431. The maximum atomic E-state index is 3.67. The molecule has 1 atom stereocenters. The molecule has 0 aliphatic rings. The van der Waals surface area contributed by atoms with Crippen molar-refractivity contribution >= 4 is 0 Å². The largest absolute Gasteiger partial charge is 0.315 e. The van der Waals surface area contributed by atoms with E-state index in [1.54, 1.807) is 0 Å². The van der Waals surface area contributed by atoms with E-state index in [1.807, 2.05) is 0 Å². The zero-order valence-electron chi connectivity index (χ0n) is 11.6. The normalized spacial score (nSPS) is 12.9. The van der Waals surface area contributed by atoms with Gasteiger partial charge in [0.1, 0.15) is 0 Å². The Morgan fingerprint density at radius 3 is 2.12 bits per heavy atom. The second-order valence-corrected chi connectivity index (χ2v) is 4.69. The van der Waals surface area contributed by atoms with Gasteiger partial charge in [-0.1, -0.05) is 46.5 Å². The molecule has 0 aromatic heterocycles. The van der Waals surface area contributed by atoms with Gasteiger partial charge in [0.05, 0.1) is 0 Å². The van der Waals surface area contributed by atoms with Gasteiger partial charge < -0.3 is 10.6 Å². The molecule has 0 aliphatic heterocycles. The Balaban J connectivity index is 3.36. The second-order valence-electron chi connectivity index (χ2n) is 4.69. The molecule has 0 aliphatic carbocycles. The van der Waals surface area contributed by atoms with Crippen molar-refractivity contribution in [3.63, 3.8) is 0 Å². The lowest BCUT2D eigenvalue weighted by Crippen LogP contribution is -2.35. The number of unbranched alkanes of at least 4 members (excludes halogenated alkanes) is 2. The summed E-state index contributed by atoms with van der Waals surface area (Å²) in [6.07, 6.45) is 9.24. The van der Waals surface area contributed by atoms with Crippen LogP contribution in [0.3, 0.4) is 0 Å². The third-order valence-electron chi connectivity index (χ3n) is 2.99. The van der Waals surface area contributed by atoms with Crippen molar-refractivity contribution in [2.45, 2.75) is 71.8 Å². The highest BCUT2D eigenvalue weighted by atomic mass is 15.0. The van der Waals surface area contributed by atoms with Crippen LogP contribution in [0.1, 0.15) is 65.7 Å². The summed E-state index contributed by atoms with van der Waals surface area (Å²) in [4.78, 5) is 0. The van der Waals surface area contributed by atoms with E-state index >= 15 is 0 Å². The molecule has 2 nitrogen and oxygen atoms in total. The van der Waals surface area contributed by atoms with Gasteiger partial charge in [-0.3, -0.25) is 0 Å². The van der Waals surface area contributed by atoms with Gasteiger partial charge in [-0.15, -0.1) is 0 Å². The molecule has 0 rings (SSSR count). The third-order valence-corrected chi connectivity index (χ3v) is 2.99. The summed E-state index contributed by atoms with van der Waals surface area (Å²) in [5, 5.41) is 7.15. The Kier molecular flexibility index (Phi) is 12.9. The van der Waals surface area contributed by atoms with Crippen molar-refractivity contribution < 1.29 is 0 Å². The number of nitrogens with one attached hydrogen (secondary N) is 2. The molecule has 2 N–H and O–H groups in total. The van der Waals surface area contributed by atoms with Gasteiger partial charge in [0.15, 0.2) is 0 Å². The number of rotatable bonds is 12. The van der Waals surface area contributed by atoms with Gasteiger partial charge in [-0.25, -0.2) is 0 Å². The van der Waals surface area contributed by atoms with Crippen molar-refractivity contribution in [1.29, 1.82) is 0 Å². The van der Waals surface area contributed by atoms with Crippen LogP contribution in [-0.4, -0.2) is 25.7 Å². The Morgan fingerprint density at radius 1 is 0.750 bits per heavy atom. The minimum atomic E-state index is 0.748.